The lowest BCUT2D eigenvalue weighted by Crippen LogP contribution is -2.57. The number of fused-ring (bicyclic) bond motifs is 2. The highest BCUT2D eigenvalue weighted by molar-refractivity contribution is 5.99. The summed E-state index contributed by atoms with van der Waals surface area (Å²) < 4.78 is 12.4. The van der Waals surface area contributed by atoms with Crippen molar-refractivity contribution < 1.29 is 29.0 Å². The minimum Gasteiger partial charge on any atom is -0.465 e. The SMILES string of the molecule is CC(C)N1CC=C[C@]23O[C@@]4(C)/C=C\CCCCOC(=O)[C@H]4[C@H]2C(=O)N(CCCCCO)C3C1=O. The van der Waals surface area contributed by atoms with Crippen molar-refractivity contribution in [2.45, 2.75) is 82.6 Å². The molecule has 0 saturated carbocycles. The maximum absolute atomic E-state index is 14.0. The van der Waals surface area contributed by atoms with Gasteiger partial charge in [-0.25, -0.2) is 0 Å². The Bertz CT molecular complexity index is 869. The predicted octanol–water partition coefficient (Wildman–Crippen LogP) is 2.21. The molecular formula is C26H38N2O6. The van der Waals surface area contributed by atoms with Crippen molar-refractivity contribution in [2.75, 3.05) is 26.3 Å². The summed E-state index contributed by atoms with van der Waals surface area (Å²) in [5, 5.41) is 9.15. The Morgan fingerprint density at radius 2 is 1.85 bits per heavy atom. The first-order valence-corrected chi connectivity index (χ1v) is 12.7. The first kappa shape index (κ1) is 24.9. The number of carbonyl (C=O) groups excluding carboxylic acids is 3. The molecule has 0 bridgehead atoms. The first-order chi connectivity index (χ1) is 16.3. The number of esters is 1. The van der Waals surface area contributed by atoms with Crippen LogP contribution >= 0.6 is 0 Å². The summed E-state index contributed by atoms with van der Waals surface area (Å²) >= 11 is 0. The lowest BCUT2D eigenvalue weighted by atomic mass is 9.74. The Morgan fingerprint density at radius 1 is 1.06 bits per heavy atom. The number of rotatable bonds is 6. The van der Waals surface area contributed by atoms with Gasteiger partial charge in [0, 0.05) is 25.7 Å². The maximum atomic E-state index is 14.0. The topological polar surface area (TPSA) is 96.4 Å². The molecule has 0 radical (unpaired) electrons. The normalized spacial score (nSPS) is 36.7. The second-order valence-electron chi connectivity index (χ2n) is 10.4. The molecule has 2 amide bonds. The zero-order valence-electron chi connectivity index (χ0n) is 20.6. The summed E-state index contributed by atoms with van der Waals surface area (Å²) in [7, 11) is 0. The van der Waals surface area contributed by atoms with Crippen molar-refractivity contribution in [3.8, 4) is 0 Å². The van der Waals surface area contributed by atoms with E-state index >= 15 is 0 Å². The van der Waals surface area contributed by atoms with Crippen molar-refractivity contribution >= 4 is 17.8 Å². The van der Waals surface area contributed by atoms with Gasteiger partial charge in [0.25, 0.3) is 0 Å². The molecule has 5 atom stereocenters. The average molecular weight is 475 g/mol. The van der Waals surface area contributed by atoms with Crippen LogP contribution in [0, 0.1) is 11.8 Å². The van der Waals surface area contributed by atoms with E-state index in [-0.39, 0.29) is 24.5 Å². The Labute approximate surface area is 201 Å². The van der Waals surface area contributed by atoms with Gasteiger partial charge in [0.15, 0.2) is 0 Å². The second kappa shape index (κ2) is 9.82. The van der Waals surface area contributed by atoms with E-state index in [1.165, 1.54) is 0 Å². The molecule has 1 N–H and O–H groups in total. The minimum absolute atomic E-state index is 0.0414. The third-order valence-electron chi connectivity index (χ3n) is 7.71. The van der Waals surface area contributed by atoms with Gasteiger partial charge in [0.2, 0.25) is 11.8 Å². The van der Waals surface area contributed by atoms with Crippen LogP contribution in [-0.4, -0.2) is 82.3 Å². The molecule has 34 heavy (non-hydrogen) atoms. The number of nitrogens with zero attached hydrogens (tertiary/aromatic N) is 2. The lowest BCUT2D eigenvalue weighted by Gasteiger charge is -2.38. The molecule has 0 aromatic carbocycles. The van der Waals surface area contributed by atoms with Crippen LogP contribution in [0.2, 0.25) is 0 Å². The van der Waals surface area contributed by atoms with E-state index in [2.05, 4.69) is 0 Å². The molecule has 2 fully saturated rings. The summed E-state index contributed by atoms with van der Waals surface area (Å²) in [6, 6.07) is -0.879. The van der Waals surface area contributed by atoms with Crippen molar-refractivity contribution in [3.05, 3.63) is 24.3 Å². The van der Waals surface area contributed by atoms with E-state index in [4.69, 9.17) is 14.6 Å². The smallest absolute Gasteiger partial charge is 0.313 e. The van der Waals surface area contributed by atoms with Gasteiger partial charge < -0.3 is 24.4 Å². The molecule has 4 rings (SSSR count). The quantitative estimate of drug-likeness (QED) is 0.360. The van der Waals surface area contributed by atoms with Crippen LogP contribution in [0.3, 0.4) is 0 Å². The molecule has 4 aliphatic rings. The van der Waals surface area contributed by atoms with E-state index in [9.17, 15) is 14.4 Å². The summed E-state index contributed by atoms with van der Waals surface area (Å²) in [4.78, 5) is 44.7. The van der Waals surface area contributed by atoms with Gasteiger partial charge in [0.1, 0.15) is 17.6 Å². The molecule has 8 heteroatoms. The van der Waals surface area contributed by atoms with Gasteiger partial charge in [-0.3, -0.25) is 14.4 Å². The van der Waals surface area contributed by atoms with Crippen molar-refractivity contribution in [1.29, 1.82) is 0 Å². The summed E-state index contributed by atoms with van der Waals surface area (Å²) in [5.74, 6) is -2.47. The third-order valence-corrected chi connectivity index (χ3v) is 7.71. The van der Waals surface area contributed by atoms with Crippen LogP contribution in [0.4, 0.5) is 0 Å². The van der Waals surface area contributed by atoms with Crippen molar-refractivity contribution in [3.63, 3.8) is 0 Å². The third kappa shape index (κ3) is 4.09. The fourth-order valence-electron chi connectivity index (χ4n) is 6.09. The molecule has 4 aliphatic heterocycles. The molecule has 8 nitrogen and oxygen atoms in total. The molecule has 0 aromatic rings. The maximum Gasteiger partial charge on any atom is 0.313 e. The number of amides is 2. The zero-order chi connectivity index (χ0) is 24.5. The Balaban J connectivity index is 1.79. The predicted molar refractivity (Wildman–Crippen MR) is 126 cm³/mol. The van der Waals surface area contributed by atoms with Crippen LogP contribution in [0.5, 0.6) is 0 Å². The van der Waals surface area contributed by atoms with Gasteiger partial charge >= 0.3 is 5.97 Å². The van der Waals surface area contributed by atoms with E-state index in [1.54, 1.807) is 9.80 Å². The number of aliphatic hydroxyl groups excluding tert-OH is 1. The van der Waals surface area contributed by atoms with Gasteiger partial charge in [-0.2, -0.15) is 0 Å². The Hall–Kier alpha value is -2.19. The van der Waals surface area contributed by atoms with E-state index in [1.807, 2.05) is 45.1 Å². The minimum atomic E-state index is -1.23. The van der Waals surface area contributed by atoms with Crippen LogP contribution in [0.25, 0.3) is 0 Å². The Kier molecular flexibility index (Phi) is 7.20. The number of likely N-dealkylation sites (tertiary alicyclic amines) is 1. The summed E-state index contributed by atoms with van der Waals surface area (Å²) in [6.07, 6.45) is 12.3. The lowest BCUT2D eigenvalue weighted by molar-refractivity contribution is -0.160. The molecule has 0 aromatic heterocycles. The number of hydrogen-bond acceptors (Lipinski definition) is 6. The number of allylic oxidation sites excluding steroid dienone is 1. The van der Waals surface area contributed by atoms with Crippen LogP contribution in [0.1, 0.15) is 59.3 Å². The fraction of sp³-hybridized carbons (Fsp3) is 0.731. The average Bonchev–Trinajstić information content (AvgIpc) is 3.10. The van der Waals surface area contributed by atoms with Crippen LogP contribution in [0.15, 0.2) is 24.3 Å². The van der Waals surface area contributed by atoms with E-state index < -0.39 is 35.0 Å². The molecule has 0 aliphatic carbocycles. The highest BCUT2D eigenvalue weighted by atomic mass is 16.6. The molecule has 1 unspecified atom stereocenters. The van der Waals surface area contributed by atoms with Gasteiger partial charge in [0.05, 0.1) is 18.1 Å². The standard InChI is InChI=1S/C26H38N2O6/c1-18(2)27-15-11-13-26-19(22(30)28(21(26)23(27)31)14-8-6-9-16-29)20-24(32)33-17-10-5-4-7-12-25(20,3)34-26/h7,11-13,18-21,29H,4-6,8-10,14-17H2,1-3H3/b12-7-/t19-,20+,21?,25-,26-/m0/s1. The van der Waals surface area contributed by atoms with Gasteiger partial charge in [-0.05, 0) is 59.3 Å². The number of unbranched alkanes of at least 4 members (excludes halogenated alkanes) is 2. The molecular weight excluding hydrogens is 436 g/mol. The van der Waals surface area contributed by atoms with Gasteiger partial charge in [-0.1, -0.05) is 24.3 Å². The summed E-state index contributed by atoms with van der Waals surface area (Å²) in [6.45, 7) is 6.97. The van der Waals surface area contributed by atoms with Crippen molar-refractivity contribution in [2.24, 2.45) is 11.8 Å². The Morgan fingerprint density at radius 3 is 2.59 bits per heavy atom. The van der Waals surface area contributed by atoms with Crippen LogP contribution < -0.4 is 0 Å². The van der Waals surface area contributed by atoms with Gasteiger partial charge in [-0.15, -0.1) is 0 Å². The highest BCUT2D eigenvalue weighted by Crippen LogP contribution is 2.57. The molecule has 1 spiro atoms. The summed E-state index contributed by atoms with van der Waals surface area (Å²) in [5.41, 5.74) is -2.28. The van der Waals surface area contributed by atoms with Crippen molar-refractivity contribution in [1.82, 2.24) is 9.80 Å². The largest absolute Gasteiger partial charge is 0.465 e. The number of cyclic esters (lactones) is 1. The zero-order valence-corrected chi connectivity index (χ0v) is 20.6. The molecule has 2 saturated heterocycles. The molecule has 4 heterocycles. The van der Waals surface area contributed by atoms with Crippen LogP contribution in [-0.2, 0) is 23.9 Å². The highest BCUT2D eigenvalue weighted by Gasteiger charge is 2.74. The van der Waals surface area contributed by atoms with E-state index in [0.717, 1.165) is 25.7 Å². The number of aliphatic hydroxyl groups is 1. The second-order valence-corrected chi connectivity index (χ2v) is 10.4. The first-order valence-electron chi connectivity index (χ1n) is 12.7. The number of ether oxygens (including phenoxy) is 2. The monoisotopic (exact) mass is 474 g/mol. The molecule has 188 valence electrons. The fourth-order valence-corrected chi connectivity index (χ4v) is 6.09. The number of hydrogen-bond donors (Lipinski definition) is 1. The van der Waals surface area contributed by atoms with E-state index in [0.29, 0.717) is 32.5 Å². The number of carbonyl (C=O) groups is 3.